The van der Waals surface area contributed by atoms with Gasteiger partial charge in [-0.05, 0) is 28.1 Å². The largest absolute Gasteiger partial charge is 0.488 e. The van der Waals surface area contributed by atoms with E-state index in [1.807, 2.05) is 32.0 Å². The summed E-state index contributed by atoms with van der Waals surface area (Å²) >= 11 is 3.42. The van der Waals surface area contributed by atoms with Gasteiger partial charge in [-0.3, -0.25) is 0 Å². The summed E-state index contributed by atoms with van der Waals surface area (Å²) in [6.07, 6.45) is 0. The Hall–Kier alpha value is -0.700. The highest BCUT2D eigenvalue weighted by Crippen LogP contribution is 2.34. The molecule has 0 amide bonds. The Labute approximate surface area is 87.4 Å². The summed E-state index contributed by atoms with van der Waals surface area (Å²) in [5, 5.41) is 3.25. The molecule has 0 aromatic heterocycles. The topological polar surface area (TPSA) is 21.3 Å². The summed E-state index contributed by atoms with van der Waals surface area (Å²) in [6, 6.07) is 5.98. The van der Waals surface area contributed by atoms with Crippen molar-refractivity contribution in [2.45, 2.75) is 13.8 Å². The van der Waals surface area contributed by atoms with Crippen LogP contribution in [0.25, 0.3) is 0 Å². The Morgan fingerprint density at radius 2 is 2.15 bits per heavy atom. The molecule has 0 saturated carbocycles. The van der Waals surface area contributed by atoms with Crippen molar-refractivity contribution < 1.29 is 4.74 Å². The molecule has 1 N–H and O–H groups in total. The first-order chi connectivity index (χ1) is 6.38. The van der Waals surface area contributed by atoms with Crippen LogP contribution in [0.2, 0.25) is 0 Å². The summed E-state index contributed by atoms with van der Waals surface area (Å²) in [7, 11) is 0. The Morgan fingerprint density at radius 1 is 1.38 bits per heavy atom. The van der Waals surface area contributed by atoms with E-state index in [9.17, 15) is 0 Å². The smallest absolute Gasteiger partial charge is 0.156 e. The van der Waals surface area contributed by atoms with Crippen molar-refractivity contribution in [2.24, 2.45) is 0 Å². The van der Waals surface area contributed by atoms with Gasteiger partial charge in [-0.2, -0.15) is 0 Å². The Morgan fingerprint density at radius 3 is 2.85 bits per heavy atom. The molecule has 0 radical (unpaired) electrons. The minimum atomic E-state index is 0.746. The van der Waals surface area contributed by atoms with Crippen LogP contribution in [0, 0.1) is 0 Å². The van der Waals surface area contributed by atoms with Crippen LogP contribution in [0.5, 0.6) is 5.75 Å². The lowest BCUT2D eigenvalue weighted by atomic mass is 10.2. The van der Waals surface area contributed by atoms with Crippen molar-refractivity contribution in [3.8, 4) is 5.75 Å². The van der Waals surface area contributed by atoms with E-state index in [1.165, 1.54) is 0 Å². The van der Waals surface area contributed by atoms with Crippen molar-refractivity contribution >= 4 is 21.6 Å². The molecule has 1 aliphatic heterocycles. The van der Waals surface area contributed by atoms with E-state index < -0.39 is 0 Å². The monoisotopic (exact) mass is 243 g/mol. The van der Waals surface area contributed by atoms with Gasteiger partial charge in [0, 0.05) is 6.54 Å². The zero-order chi connectivity index (χ0) is 9.68. The summed E-state index contributed by atoms with van der Waals surface area (Å²) in [4.78, 5) is 0. The van der Waals surface area contributed by atoms with Crippen LogP contribution in [-0.4, -0.2) is 13.2 Å². The van der Waals surface area contributed by atoms with Crippen LogP contribution >= 0.6 is 15.9 Å². The van der Waals surface area contributed by atoms with Crippen molar-refractivity contribution in [1.29, 1.82) is 0 Å². The number of anilines is 1. The highest BCUT2D eigenvalue weighted by atomic mass is 79.9. The van der Waals surface area contributed by atoms with Gasteiger partial charge < -0.3 is 10.1 Å². The lowest BCUT2D eigenvalue weighted by Gasteiger charge is -2.19. The van der Waals surface area contributed by atoms with E-state index in [0.717, 1.165) is 29.1 Å². The molecule has 1 aromatic rings. The molecule has 0 spiro atoms. The van der Waals surface area contributed by atoms with Crippen LogP contribution in [-0.2, 0) is 0 Å². The van der Waals surface area contributed by atoms with Crippen LogP contribution < -0.4 is 10.1 Å². The fourth-order valence-electron chi connectivity index (χ4n) is 1.13. The highest BCUT2D eigenvalue weighted by molar-refractivity contribution is 9.10. The number of ether oxygens (including phenoxy) is 1. The maximum absolute atomic E-state index is 5.44. The number of rotatable bonds is 0. The first kappa shape index (κ1) is 10.4. The van der Waals surface area contributed by atoms with Crippen LogP contribution in [0.1, 0.15) is 13.8 Å². The summed E-state index contributed by atoms with van der Waals surface area (Å²) in [5.41, 5.74) is 1.07. The maximum Gasteiger partial charge on any atom is 0.156 e. The molecule has 0 bridgehead atoms. The van der Waals surface area contributed by atoms with Gasteiger partial charge in [-0.1, -0.05) is 19.9 Å². The molecule has 2 nitrogen and oxygen atoms in total. The van der Waals surface area contributed by atoms with Gasteiger partial charge in [0.15, 0.2) is 5.75 Å². The quantitative estimate of drug-likeness (QED) is 0.756. The SMILES string of the molecule is Brc1cccc2c1OCCN2.CC. The van der Waals surface area contributed by atoms with Gasteiger partial charge in [0.25, 0.3) is 0 Å². The molecule has 0 fully saturated rings. The minimum absolute atomic E-state index is 0.746. The van der Waals surface area contributed by atoms with Gasteiger partial charge in [0.05, 0.1) is 10.2 Å². The summed E-state index contributed by atoms with van der Waals surface area (Å²) in [5.74, 6) is 0.929. The van der Waals surface area contributed by atoms with Gasteiger partial charge in [0.2, 0.25) is 0 Å². The first-order valence-electron chi connectivity index (χ1n) is 4.53. The van der Waals surface area contributed by atoms with E-state index in [4.69, 9.17) is 4.74 Å². The lowest BCUT2D eigenvalue weighted by molar-refractivity contribution is 0.321. The number of hydrogen-bond acceptors (Lipinski definition) is 2. The molecule has 0 unspecified atom stereocenters. The van der Waals surface area contributed by atoms with E-state index in [-0.39, 0.29) is 0 Å². The fraction of sp³-hybridized carbons (Fsp3) is 0.400. The van der Waals surface area contributed by atoms with Gasteiger partial charge in [0.1, 0.15) is 6.61 Å². The van der Waals surface area contributed by atoms with Crippen molar-refractivity contribution in [3.63, 3.8) is 0 Å². The molecule has 72 valence electrons. The molecule has 1 aromatic carbocycles. The molecule has 1 heterocycles. The van der Waals surface area contributed by atoms with Gasteiger partial charge in [-0.25, -0.2) is 0 Å². The van der Waals surface area contributed by atoms with Crippen molar-refractivity contribution in [1.82, 2.24) is 0 Å². The van der Waals surface area contributed by atoms with E-state index in [0.29, 0.717) is 0 Å². The van der Waals surface area contributed by atoms with Gasteiger partial charge >= 0.3 is 0 Å². The highest BCUT2D eigenvalue weighted by Gasteiger charge is 2.10. The van der Waals surface area contributed by atoms with Crippen molar-refractivity contribution in [2.75, 3.05) is 18.5 Å². The van der Waals surface area contributed by atoms with E-state index >= 15 is 0 Å². The predicted molar refractivity (Wildman–Crippen MR) is 59.5 cm³/mol. The molecular weight excluding hydrogens is 230 g/mol. The van der Waals surface area contributed by atoms with Crippen LogP contribution in [0.3, 0.4) is 0 Å². The Bertz CT molecular complexity index is 276. The standard InChI is InChI=1S/C8H8BrNO.C2H6/c9-6-2-1-3-7-8(6)11-5-4-10-7;1-2/h1-3,10H,4-5H2;1-2H3. The molecule has 13 heavy (non-hydrogen) atoms. The molecule has 0 aliphatic carbocycles. The second kappa shape index (κ2) is 5.12. The number of halogens is 1. The number of para-hydroxylation sites is 1. The van der Waals surface area contributed by atoms with E-state index in [1.54, 1.807) is 0 Å². The lowest BCUT2D eigenvalue weighted by Crippen LogP contribution is -2.18. The average Bonchev–Trinajstić information content (AvgIpc) is 2.22. The molecule has 0 saturated heterocycles. The fourth-order valence-corrected chi connectivity index (χ4v) is 1.61. The van der Waals surface area contributed by atoms with Crippen LogP contribution in [0.4, 0.5) is 5.69 Å². The molecular formula is C10H14BrNO. The molecule has 2 rings (SSSR count). The zero-order valence-electron chi connectivity index (χ0n) is 7.93. The number of hydrogen-bond donors (Lipinski definition) is 1. The molecule has 1 aliphatic rings. The summed E-state index contributed by atoms with van der Waals surface area (Å²) in [6.45, 7) is 5.64. The minimum Gasteiger partial charge on any atom is -0.488 e. The Balaban J connectivity index is 0.000000396. The summed E-state index contributed by atoms with van der Waals surface area (Å²) < 4.78 is 6.46. The average molecular weight is 244 g/mol. The Kier molecular flexibility index (Phi) is 4.09. The number of nitrogens with one attached hydrogen (secondary N) is 1. The second-order valence-electron chi connectivity index (χ2n) is 2.39. The normalized spacial score (nSPS) is 12.8. The molecule has 0 atom stereocenters. The third-order valence-electron chi connectivity index (χ3n) is 1.63. The van der Waals surface area contributed by atoms with Crippen molar-refractivity contribution in [3.05, 3.63) is 22.7 Å². The van der Waals surface area contributed by atoms with Crippen LogP contribution in [0.15, 0.2) is 22.7 Å². The first-order valence-corrected chi connectivity index (χ1v) is 5.32. The maximum atomic E-state index is 5.44. The molecule has 3 heteroatoms. The van der Waals surface area contributed by atoms with Gasteiger partial charge in [-0.15, -0.1) is 0 Å². The number of fused-ring (bicyclic) bond motifs is 1. The van der Waals surface area contributed by atoms with E-state index in [2.05, 4.69) is 21.2 Å². The predicted octanol–water partition coefficient (Wildman–Crippen LogP) is 3.28. The third-order valence-corrected chi connectivity index (χ3v) is 2.26. The third kappa shape index (κ3) is 2.37. The zero-order valence-corrected chi connectivity index (χ0v) is 9.52. The number of benzene rings is 1. The second-order valence-corrected chi connectivity index (χ2v) is 3.25.